The van der Waals surface area contributed by atoms with E-state index in [4.69, 9.17) is 32.7 Å². The van der Waals surface area contributed by atoms with E-state index in [1.54, 1.807) is 32.0 Å². The van der Waals surface area contributed by atoms with Gasteiger partial charge in [0.05, 0.1) is 39.8 Å². The lowest BCUT2D eigenvalue weighted by Crippen LogP contribution is -2.36. The smallest absolute Gasteiger partial charge is 0.338 e. The molecule has 0 saturated carbocycles. The number of hydrogen-bond acceptors (Lipinski definition) is 8. The highest BCUT2D eigenvalue weighted by molar-refractivity contribution is 7.90. The van der Waals surface area contributed by atoms with Crippen LogP contribution in [0, 0.1) is 0 Å². The molecule has 2 aromatic carbocycles. The third kappa shape index (κ3) is 4.15. The van der Waals surface area contributed by atoms with E-state index < -0.39 is 40.5 Å². The second kappa shape index (κ2) is 9.61. The summed E-state index contributed by atoms with van der Waals surface area (Å²) in [5, 5.41) is 3.28. The third-order valence-electron chi connectivity index (χ3n) is 5.90. The summed E-state index contributed by atoms with van der Waals surface area (Å²) in [7, 11) is -3.00. The molecule has 1 N–H and O–H groups in total. The highest BCUT2D eigenvalue weighted by Gasteiger charge is 2.43. The number of hydrogen-bond donors (Lipinski definition) is 1. The van der Waals surface area contributed by atoms with Gasteiger partial charge in [-0.15, -0.1) is 0 Å². The maximum atomic E-state index is 13.4. The minimum Gasteiger partial charge on any atom is -0.466 e. The number of nitrogens with zero attached hydrogens (tertiary/aromatic N) is 1. The summed E-state index contributed by atoms with van der Waals surface area (Å²) in [5.74, 6) is -3.53. The lowest BCUT2D eigenvalue weighted by atomic mass is 9.80. The monoisotopic (exact) mass is 550 g/mol. The number of benzene rings is 2. The molecule has 0 saturated heterocycles. The first-order valence-electron chi connectivity index (χ1n) is 10.5. The fraction of sp³-hybridized carbons (Fsp3) is 0.208. The molecule has 12 heteroatoms. The lowest BCUT2D eigenvalue weighted by molar-refractivity contribution is -0.141. The van der Waals surface area contributed by atoms with Gasteiger partial charge in [-0.1, -0.05) is 47.5 Å². The van der Waals surface area contributed by atoms with E-state index >= 15 is 0 Å². The Hall–Kier alpha value is -3.34. The van der Waals surface area contributed by atoms with Gasteiger partial charge in [-0.3, -0.25) is 4.79 Å². The minimum absolute atomic E-state index is 0.0154. The Kier molecular flexibility index (Phi) is 6.87. The van der Waals surface area contributed by atoms with Gasteiger partial charge in [0.15, 0.2) is 6.73 Å². The van der Waals surface area contributed by atoms with Crippen LogP contribution in [0.25, 0.3) is 0 Å². The van der Waals surface area contributed by atoms with Crippen LogP contribution >= 0.6 is 23.2 Å². The third-order valence-corrected chi connectivity index (χ3v) is 8.50. The quantitative estimate of drug-likeness (QED) is 0.559. The van der Waals surface area contributed by atoms with E-state index in [9.17, 15) is 22.8 Å². The number of dihydropyridines is 1. The summed E-state index contributed by atoms with van der Waals surface area (Å²) in [5.41, 5.74) is 1.16. The first-order valence-corrected chi connectivity index (χ1v) is 12.7. The predicted octanol–water partition coefficient (Wildman–Crippen LogP) is 3.75. The van der Waals surface area contributed by atoms with Crippen molar-refractivity contribution in [1.82, 2.24) is 9.62 Å². The highest BCUT2D eigenvalue weighted by atomic mass is 35.5. The van der Waals surface area contributed by atoms with Crippen molar-refractivity contribution < 1.29 is 32.3 Å². The van der Waals surface area contributed by atoms with Crippen LogP contribution in [0.1, 0.15) is 35.7 Å². The molecule has 2 aromatic rings. The first kappa shape index (κ1) is 25.7. The molecule has 0 radical (unpaired) electrons. The van der Waals surface area contributed by atoms with Crippen LogP contribution in [0.3, 0.4) is 0 Å². The van der Waals surface area contributed by atoms with Gasteiger partial charge in [0.1, 0.15) is 4.90 Å². The summed E-state index contributed by atoms with van der Waals surface area (Å²) in [6.07, 6.45) is 0. The van der Waals surface area contributed by atoms with Crippen LogP contribution in [0.2, 0.25) is 10.0 Å². The molecule has 0 bridgehead atoms. The average Bonchev–Trinajstić information content (AvgIpc) is 3.03. The molecule has 0 fully saturated rings. The minimum atomic E-state index is -4.20. The summed E-state index contributed by atoms with van der Waals surface area (Å²) in [6.45, 7) is 2.36. The number of carbonyl (C=O) groups excluding carboxylic acids is 3. The largest absolute Gasteiger partial charge is 0.466 e. The van der Waals surface area contributed by atoms with Crippen LogP contribution in [0.4, 0.5) is 0 Å². The second-order valence-electron chi connectivity index (χ2n) is 7.99. The molecule has 4 rings (SSSR count). The Morgan fingerprint density at radius 1 is 1.00 bits per heavy atom. The van der Waals surface area contributed by atoms with Crippen molar-refractivity contribution in [2.75, 3.05) is 13.8 Å². The average molecular weight is 551 g/mol. The summed E-state index contributed by atoms with van der Waals surface area (Å²) in [6, 6.07) is 10.5. The molecule has 0 spiro atoms. The summed E-state index contributed by atoms with van der Waals surface area (Å²) in [4.78, 5) is 38.7. The molecule has 36 heavy (non-hydrogen) atoms. The Bertz CT molecular complexity index is 1480. The van der Waals surface area contributed by atoms with E-state index in [1.807, 2.05) is 0 Å². The van der Waals surface area contributed by atoms with Crippen LogP contribution in [-0.2, 0) is 29.1 Å². The molecule has 1 atom stereocenters. The molecular formula is C24H20Cl2N2O7S. The number of fused-ring (bicyclic) bond motifs is 1. The van der Waals surface area contributed by atoms with Crippen LogP contribution in [0.5, 0.6) is 0 Å². The van der Waals surface area contributed by atoms with Crippen molar-refractivity contribution in [2.45, 2.75) is 24.7 Å². The maximum absolute atomic E-state index is 13.4. The van der Waals surface area contributed by atoms with Gasteiger partial charge in [0, 0.05) is 11.4 Å². The predicted molar refractivity (Wildman–Crippen MR) is 131 cm³/mol. The van der Waals surface area contributed by atoms with Crippen LogP contribution in [-0.4, -0.2) is 44.4 Å². The maximum Gasteiger partial charge on any atom is 0.338 e. The molecule has 2 aliphatic heterocycles. The van der Waals surface area contributed by atoms with Gasteiger partial charge in [0.2, 0.25) is 0 Å². The number of allylic oxidation sites excluding steroid dienone is 2. The number of rotatable bonds is 5. The van der Waals surface area contributed by atoms with Crippen LogP contribution in [0.15, 0.2) is 69.9 Å². The van der Waals surface area contributed by atoms with Gasteiger partial charge < -0.3 is 14.8 Å². The van der Waals surface area contributed by atoms with E-state index in [-0.39, 0.29) is 31.7 Å². The number of sulfonamides is 1. The molecule has 1 amide bonds. The summed E-state index contributed by atoms with van der Waals surface area (Å²) >= 11 is 12.7. The number of carbonyl (C=O) groups is 3. The second-order valence-corrected chi connectivity index (χ2v) is 10.6. The molecule has 1 unspecified atom stereocenters. The molecule has 0 aliphatic carbocycles. The fourth-order valence-corrected chi connectivity index (χ4v) is 6.10. The Balaban J connectivity index is 1.72. The molecule has 2 heterocycles. The fourth-order valence-electron chi connectivity index (χ4n) is 4.25. The number of amides is 1. The number of methoxy groups -OCH3 is 1. The van der Waals surface area contributed by atoms with Gasteiger partial charge in [-0.25, -0.2) is 18.0 Å². The molecule has 9 nitrogen and oxygen atoms in total. The zero-order chi connectivity index (χ0) is 26.4. The zero-order valence-electron chi connectivity index (χ0n) is 19.3. The van der Waals surface area contributed by atoms with Crippen molar-refractivity contribution in [3.63, 3.8) is 0 Å². The van der Waals surface area contributed by atoms with Crippen molar-refractivity contribution in [1.29, 1.82) is 0 Å². The first-order chi connectivity index (χ1) is 17.0. The van der Waals surface area contributed by atoms with Crippen molar-refractivity contribution in [3.8, 4) is 0 Å². The van der Waals surface area contributed by atoms with Crippen molar-refractivity contribution in [3.05, 3.63) is 86.2 Å². The zero-order valence-corrected chi connectivity index (χ0v) is 21.6. The lowest BCUT2D eigenvalue weighted by Gasteiger charge is -2.31. The van der Waals surface area contributed by atoms with Crippen molar-refractivity contribution >= 4 is 51.1 Å². The van der Waals surface area contributed by atoms with Gasteiger partial charge in [0.25, 0.3) is 15.9 Å². The number of halogens is 2. The number of ether oxygens (including phenoxy) is 2. The Morgan fingerprint density at radius 3 is 2.28 bits per heavy atom. The van der Waals surface area contributed by atoms with E-state index in [2.05, 4.69) is 5.32 Å². The normalized spacial score (nSPS) is 18.6. The van der Waals surface area contributed by atoms with Crippen LogP contribution < -0.4 is 5.32 Å². The Labute approximate surface area is 217 Å². The molecule has 188 valence electrons. The molecular weight excluding hydrogens is 531 g/mol. The highest BCUT2D eigenvalue weighted by Crippen LogP contribution is 2.43. The van der Waals surface area contributed by atoms with Gasteiger partial charge in [-0.05, 0) is 37.6 Å². The standard InChI is InChI=1S/C24H20Cl2N2O7S/c1-12-18(23(30)34-3)20(15-8-6-9-16(25)21(15)26)19(13(2)27-12)24(31)35-11-28-22(29)14-7-4-5-10-17(14)36(28,32)33/h4-10,20,27H,11H2,1-3H3. The number of esters is 2. The van der Waals surface area contributed by atoms with E-state index in [0.29, 0.717) is 21.3 Å². The topological polar surface area (TPSA) is 119 Å². The van der Waals surface area contributed by atoms with Gasteiger partial charge in [-0.2, -0.15) is 4.31 Å². The van der Waals surface area contributed by atoms with Gasteiger partial charge >= 0.3 is 11.9 Å². The van der Waals surface area contributed by atoms with Crippen molar-refractivity contribution in [2.24, 2.45) is 0 Å². The van der Waals surface area contributed by atoms with E-state index in [0.717, 1.165) is 0 Å². The Morgan fingerprint density at radius 2 is 1.64 bits per heavy atom. The number of nitrogens with one attached hydrogen (secondary N) is 1. The van der Waals surface area contributed by atoms with E-state index in [1.165, 1.54) is 31.4 Å². The SMILES string of the molecule is COC(=O)C1=C(C)NC(C)=C(C(=O)OCN2C(=O)c3ccccc3S2(=O)=O)C1c1cccc(Cl)c1Cl. The molecule has 2 aliphatic rings. The summed E-state index contributed by atoms with van der Waals surface area (Å²) < 4.78 is 36.4. The molecule has 0 aromatic heterocycles.